The first-order valence-corrected chi connectivity index (χ1v) is 7.16. The molecule has 1 atom stereocenters. The van der Waals surface area contributed by atoms with Crippen molar-refractivity contribution in [2.75, 3.05) is 0 Å². The molecule has 0 bridgehead atoms. The van der Waals surface area contributed by atoms with Gasteiger partial charge in [-0.15, -0.1) is 5.11 Å². The molecule has 0 spiro atoms. The van der Waals surface area contributed by atoms with E-state index in [4.69, 9.17) is 11.6 Å². The molecule has 0 N–H and O–H groups in total. The molecule has 5 heteroatoms. The van der Waals surface area contributed by atoms with Crippen molar-refractivity contribution in [3.8, 4) is 0 Å². The highest BCUT2D eigenvalue weighted by atomic mass is 35.5. The number of halogens is 1. The van der Waals surface area contributed by atoms with Gasteiger partial charge < -0.3 is 0 Å². The number of nitrogens with zero attached hydrogens (tertiary/aromatic N) is 4. The van der Waals surface area contributed by atoms with Crippen molar-refractivity contribution in [2.24, 2.45) is 15.3 Å². The summed E-state index contributed by atoms with van der Waals surface area (Å²) in [7, 11) is 0. The minimum Gasteiger partial charge on any atom is -0.265 e. The SMILES string of the molecule is CC1N=NC(c2ccccc2)=NN1Cc1cccc(Cl)c1. The van der Waals surface area contributed by atoms with E-state index in [-0.39, 0.29) is 6.17 Å². The standard InChI is InChI=1S/C16H15ClN4/c1-12-18-19-16(14-7-3-2-4-8-14)20-21(12)11-13-6-5-9-15(17)10-13/h2-10,12H,11H2,1H3. The van der Waals surface area contributed by atoms with Gasteiger partial charge >= 0.3 is 0 Å². The summed E-state index contributed by atoms with van der Waals surface area (Å²) in [6.45, 7) is 2.62. The summed E-state index contributed by atoms with van der Waals surface area (Å²) in [5, 5.41) is 15.7. The zero-order valence-electron chi connectivity index (χ0n) is 11.6. The van der Waals surface area contributed by atoms with E-state index in [1.54, 1.807) is 0 Å². The quantitative estimate of drug-likeness (QED) is 0.832. The van der Waals surface area contributed by atoms with E-state index in [0.717, 1.165) is 16.1 Å². The van der Waals surface area contributed by atoms with Gasteiger partial charge in [0.2, 0.25) is 5.84 Å². The van der Waals surface area contributed by atoms with E-state index < -0.39 is 0 Å². The lowest BCUT2D eigenvalue weighted by Gasteiger charge is -2.26. The van der Waals surface area contributed by atoms with Gasteiger partial charge in [0.15, 0.2) is 6.17 Å². The summed E-state index contributed by atoms with van der Waals surface area (Å²) in [5.74, 6) is 0.635. The Hall–Kier alpha value is -2.20. The second-order valence-electron chi connectivity index (χ2n) is 4.86. The molecule has 0 fully saturated rings. The first-order chi connectivity index (χ1) is 10.2. The molecule has 0 saturated heterocycles. The van der Waals surface area contributed by atoms with E-state index in [0.29, 0.717) is 12.4 Å². The molecule has 0 amide bonds. The van der Waals surface area contributed by atoms with E-state index in [2.05, 4.69) is 15.3 Å². The number of amidine groups is 1. The predicted molar refractivity (Wildman–Crippen MR) is 84.3 cm³/mol. The van der Waals surface area contributed by atoms with Crippen molar-refractivity contribution in [3.63, 3.8) is 0 Å². The van der Waals surface area contributed by atoms with Gasteiger partial charge in [-0.25, -0.2) is 0 Å². The topological polar surface area (TPSA) is 40.3 Å². The van der Waals surface area contributed by atoms with Crippen LogP contribution in [0.15, 0.2) is 69.9 Å². The number of hydrogen-bond acceptors (Lipinski definition) is 4. The third kappa shape index (κ3) is 3.28. The van der Waals surface area contributed by atoms with Crippen LogP contribution in [-0.2, 0) is 6.54 Å². The monoisotopic (exact) mass is 298 g/mol. The molecule has 1 heterocycles. The molecule has 2 aromatic rings. The summed E-state index contributed by atoms with van der Waals surface area (Å²) in [6, 6.07) is 17.6. The van der Waals surface area contributed by atoms with Crippen molar-refractivity contribution in [3.05, 3.63) is 70.7 Å². The maximum atomic E-state index is 6.03. The molecular formula is C16H15ClN4. The van der Waals surface area contributed by atoms with E-state index in [1.165, 1.54) is 0 Å². The normalized spacial score (nSPS) is 17.7. The Balaban J connectivity index is 1.84. The van der Waals surface area contributed by atoms with Crippen molar-refractivity contribution >= 4 is 17.4 Å². The molecule has 2 aromatic carbocycles. The molecule has 3 rings (SSSR count). The van der Waals surface area contributed by atoms with Crippen LogP contribution in [0.5, 0.6) is 0 Å². The van der Waals surface area contributed by atoms with Crippen LogP contribution in [0.1, 0.15) is 18.1 Å². The van der Waals surface area contributed by atoms with Gasteiger partial charge in [0.1, 0.15) is 0 Å². The van der Waals surface area contributed by atoms with Crippen LogP contribution in [0.25, 0.3) is 0 Å². The minimum absolute atomic E-state index is 0.0866. The van der Waals surface area contributed by atoms with Crippen molar-refractivity contribution in [2.45, 2.75) is 19.6 Å². The van der Waals surface area contributed by atoms with Crippen molar-refractivity contribution in [1.82, 2.24) is 5.01 Å². The summed E-state index contributed by atoms with van der Waals surface area (Å²) in [4.78, 5) is 0. The molecule has 1 aliphatic heterocycles. The maximum Gasteiger partial charge on any atom is 0.200 e. The fraction of sp³-hybridized carbons (Fsp3) is 0.188. The highest BCUT2D eigenvalue weighted by Gasteiger charge is 2.18. The van der Waals surface area contributed by atoms with Crippen LogP contribution in [-0.4, -0.2) is 17.0 Å². The molecule has 4 nitrogen and oxygen atoms in total. The van der Waals surface area contributed by atoms with Crippen molar-refractivity contribution < 1.29 is 0 Å². The Bertz CT molecular complexity index is 682. The number of azo groups is 1. The lowest BCUT2D eigenvalue weighted by Crippen LogP contribution is -2.30. The smallest absolute Gasteiger partial charge is 0.200 e. The molecule has 1 unspecified atom stereocenters. The number of rotatable bonds is 3. The molecule has 0 saturated carbocycles. The first-order valence-electron chi connectivity index (χ1n) is 6.78. The average Bonchev–Trinajstić information content (AvgIpc) is 2.50. The molecule has 106 valence electrons. The van der Waals surface area contributed by atoms with Crippen LogP contribution in [0, 0.1) is 0 Å². The van der Waals surface area contributed by atoms with Gasteiger partial charge in [-0.1, -0.05) is 54.1 Å². The summed E-state index contributed by atoms with van der Waals surface area (Å²) in [5.41, 5.74) is 2.06. The second-order valence-corrected chi connectivity index (χ2v) is 5.30. The minimum atomic E-state index is -0.0866. The van der Waals surface area contributed by atoms with Gasteiger partial charge in [0, 0.05) is 10.6 Å². The van der Waals surface area contributed by atoms with Gasteiger partial charge in [-0.05, 0) is 24.6 Å². The third-order valence-electron chi connectivity index (χ3n) is 3.24. The molecule has 21 heavy (non-hydrogen) atoms. The third-order valence-corrected chi connectivity index (χ3v) is 3.47. The lowest BCUT2D eigenvalue weighted by atomic mass is 10.2. The summed E-state index contributed by atoms with van der Waals surface area (Å²) >= 11 is 6.03. The maximum absolute atomic E-state index is 6.03. The first kappa shape index (κ1) is 13.8. The van der Waals surface area contributed by atoms with Gasteiger partial charge in [-0.3, -0.25) is 5.01 Å². The van der Waals surface area contributed by atoms with Crippen molar-refractivity contribution in [1.29, 1.82) is 0 Å². The van der Waals surface area contributed by atoms with Crippen LogP contribution in [0.2, 0.25) is 5.02 Å². The number of benzene rings is 2. The summed E-state index contributed by atoms with van der Waals surface area (Å²) in [6.07, 6.45) is -0.0866. The van der Waals surface area contributed by atoms with Crippen LogP contribution < -0.4 is 0 Å². The fourth-order valence-corrected chi connectivity index (χ4v) is 2.33. The number of hydrazone groups is 1. The van der Waals surface area contributed by atoms with E-state index >= 15 is 0 Å². The highest BCUT2D eigenvalue weighted by Crippen LogP contribution is 2.18. The fourth-order valence-electron chi connectivity index (χ4n) is 2.12. The zero-order chi connectivity index (χ0) is 14.7. The second kappa shape index (κ2) is 6.06. The molecule has 0 aromatic heterocycles. The molecule has 1 aliphatic rings. The molecule has 0 radical (unpaired) electrons. The Morgan fingerprint density at radius 2 is 1.90 bits per heavy atom. The van der Waals surface area contributed by atoms with Gasteiger partial charge in [-0.2, -0.15) is 10.2 Å². The predicted octanol–water partition coefficient (Wildman–Crippen LogP) is 4.32. The number of hydrogen-bond donors (Lipinski definition) is 0. The van der Waals surface area contributed by atoms with Gasteiger partial charge in [0.05, 0.1) is 6.54 Å². The Kier molecular flexibility index (Phi) is 3.97. The average molecular weight is 299 g/mol. The van der Waals surface area contributed by atoms with Crippen LogP contribution in [0.3, 0.4) is 0 Å². The van der Waals surface area contributed by atoms with E-state index in [1.807, 2.05) is 66.5 Å². The zero-order valence-corrected chi connectivity index (χ0v) is 12.4. The molecule has 0 aliphatic carbocycles. The Morgan fingerprint density at radius 1 is 1.10 bits per heavy atom. The molecular weight excluding hydrogens is 284 g/mol. The van der Waals surface area contributed by atoms with Crippen LogP contribution in [0.4, 0.5) is 0 Å². The Morgan fingerprint density at radius 3 is 2.67 bits per heavy atom. The van der Waals surface area contributed by atoms with Crippen LogP contribution >= 0.6 is 11.6 Å². The Labute approximate surface area is 128 Å². The summed E-state index contributed by atoms with van der Waals surface area (Å²) < 4.78 is 0. The largest absolute Gasteiger partial charge is 0.265 e. The van der Waals surface area contributed by atoms with Gasteiger partial charge in [0.25, 0.3) is 0 Å². The lowest BCUT2D eigenvalue weighted by molar-refractivity contribution is 0.202. The highest BCUT2D eigenvalue weighted by molar-refractivity contribution is 6.30. The van der Waals surface area contributed by atoms with E-state index in [9.17, 15) is 0 Å².